The molecule has 0 spiro atoms. The van der Waals surface area contributed by atoms with Crippen molar-refractivity contribution in [1.82, 2.24) is 9.47 Å². The Morgan fingerprint density at radius 3 is 2.70 bits per heavy atom. The molecular formula is C26H23N3O7S. The quantitative estimate of drug-likeness (QED) is 0.366. The number of carbonyl (C=O) groups is 4. The van der Waals surface area contributed by atoms with Gasteiger partial charge in [0, 0.05) is 34.4 Å². The molecule has 1 N–H and O–H groups in total. The Labute approximate surface area is 216 Å². The molecule has 190 valence electrons. The maximum atomic E-state index is 12.9. The first kappa shape index (κ1) is 24.4. The fourth-order valence-corrected chi connectivity index (χ4v) is 4.89. The molecule has 1 aromatic heterocycles. The minimum Gasteiger partial charge on any atom is -0.462 e. The van der Waals surface area contributed by atoms with Gasteiger partial charge in [-0.3, -0.25) is 24.1 Å². The summed E-state index contributed by atoms with van der Waals surface area (Å²) in [5, 5.41) is 3.12. The molecule has 37 heavy (non-hydrogen) atoms. The standard InChI is InChI=1S/C26H23N3O7S/c1-15(2)36-24(31)13-29-25(32)22(37-26(29)33)9-16-11-28(19-6-4-3-5-18(16)19)12-23(30)27-17-7-8-20-21(10-17)35-14-34-20/h3-11,15H,12-14H2,1-2H3,(H,27,30). The van der Waals surface area contributed by atoms with E-state index in [1.807, 2.05) is 24.3 Å². The van der Waals surface area contributed by atoms with E-state index in [1.165, 1.54) is 0 Å². The van der Waals surface area contributed by atoms with Gasteiger partial charge in [-0.1, -0.05) is 18.2 Å². The van der Waals surface area contributed by atoms with Crippen LogP contribution in [0.4, 0.5) is 10.5 Å². The van der Waals surface area contributed by atoms with Crippen molar-refractivity contribution in [1.29, 1.82) is 0 Å². The monoisotopic (exact) mass is 521 g/mol. The lowest BCUT2D eigenvalue weighted by Crippen LogP contribution is -2.35. The zero-order chi connectivity index (χ0) is 26.1. The highest BCUT2D eigenvalue weighted by Gasteiger charge is 2.37. The Bertz CT molecular complexity index is 1460. The maximum absolute atomic E-state index is 12.9. The molecule has 0 atom stereocenters. The smallest absolute Gasteiger partial charge is 0.326 e. The Morgan fingerprint density at radius 1 is 1.11 bits per heavy atom. The van der Waals surface area contributed by atoms with Gasteiger partial charge in [0.15, 0.2) is 11.5 Å². The molecule has 1 saturated heterocycles. The van der Waals surface area contributed by atoms with Crippen molar-refractivity contribution in [3.8, 4) is 11.5 Å². The van der Waals surface area contributed by atoms with Crippen molar-refractivity contribution in [2.45, 2.75) is 26.5 Å². The number of fused-ring (bicyclic) bond motifs is 2. The molecule has 0 bridgehead atoms. The largest absolute Gasteiger partial charge is 0.462 e. The van der Waals surface area contributed by atoms with Crippen LogP contribution in [0.3, 0.4) is 0 Å². The van der Waals surface area contributed by atoms with Crippen molar-refractivity contribution < 1.29 is 33.4 Å². The number of rotatable bonds is 7. The zero-order valence-corrected chi connectivity index (χ0v) is 20.9. The van der Waals surface area contributed by atoms with E-state index >= 15 is 0 Å². The second kappa shape index (κ2) is 10.0. The number of nitrogens with zero attached hydrogens (tertiary/aromatic N) is 2. The third-order valence-corrected chi connectivity index (χ3v) is 6.51. The fourth-order valence-electron chi connectivity index (χ4n) is 4.06. The lowest BCUT2D eigenvalue weighted by molar-refractivity contribution is -0.149. The minimum atomic E-state index is -0.649. The normalized spacial score (nSPS) is 15.8. The molecular weight excluding hydrogens is 498 g/mol. The predicted octanol–water partition coefficient (Wildman–Crippen LogP) is 4.00. The fraction of sp³-hybridized carbons (Fsp3) is 0.231. The van der Waals surface area contributed by atoms with Gasteiger partial charge in [-0.25, -0.2) is 0 Å². The number of para-hydroxylation sites is 1. The van der Waals surface area contributed by atoms with Gasteiger partial charge in [0.25, 0.3) is 11.1 Å². The SMILES string of the molecule is CC(C)OC(=O)CN1C(=O)SC(=Cc2cn(CC(=O)Nc3ccc4c(c3)OCO4)c3ccccc23)C1=O. The van der Waals surface area contributed by atoms with Gasteiger partial charge in [-0.15, -0.1) is 0 Å². The lowest BCUT2D eigenvalue weighted by atomic mass is 10.1. The first-order chi connectivity index (χ1) is 17.8. The first-order valence-electron chi connectivity index (χ1n) is 11.5. The number of thioether (sulfide) groups is 1. The molecule has 0 aliphatic carbocycles. The number of amides is 3. The average Bonchev–Trinajstić information content (AvgIpc) is 3.52. The topological polar surface area (TPSA) is 116 Å². The molecule has 0 saturated carbocycles. The summed E-state index contributed by atoms with van der Waals surface area (Å²) >= 11 is 0.761. The molecule has 0 radical (unpaired) electrons. The average molecular weight is 522 g/mol. The highest BCUT2D eigenvalue weighted by atomic mass is 32.2. The number of nitrogens with one attached hydrogen (secondary N) is 1. The van der Waals surface area contributed by atoms with E-state index in [-0.39, 0.29) is 30.3 Å². The van der Waals surface area contributed by atoms with Crippen LogP contribution < -0.4 is 14.8 Å². The van der Waals surface area contributed by atoms with Crippen LogP contribution in [0.1, 0.15) is 19.4 Å². The van der Waals surface area contributed by atoms with Crippen molar-refractivity contribution in [2.75, 3.05) is 18.7 Å². The molecule has 0 unspecified atom stereocenters. The van der Waals surface area contributed by atoms with Gasteiger partial charge in [0.2, 0.25) is 12.7 Å². The third kappa shape index (κ3) is 5.17. The van der Waals surface area contributed by atoms with Crippen LogP contribution in [0.25, 0.3) is 17.0 Å². The lowest BCUT2D eigenvalue weighted by Gasteiger charge is -2.13. The van der Waals surface area contributed by atoms with Crippen LogP contribution in [-0.4, -0.2) is 51.9 Å². The summed E-state index contributed by atoms with van der Waals surface area (Å²) in [7, 11) is 0. The van der Waals surface area contributed by atoms with E-state index < -0.39 is 23.7 Å². The Balaban J connectivity index is 1.35. The van der Waals surface area contributed by atoms with E-state index in [4.69, 9.17) is 14.2 Å². The summed E-state index contributed by atoms with van der Waals surface area (Å²) in [6.45, 7) is 3.10. The Morgan fingerprint density at radius 2 is 1.89 bits per heavy atom. The van der Waals surface area contributed by atoms with Gasteiger partial charge >= 0.3 is 5.97 Å². The van der Waals surface area contributed by atoms with Gasteiger partial charge in [-0.2, -0.15) is 0 Å². The molecule has 3 aromatic rings. The summed E-state index contributed by atoms with van der Waals surface area (Å²) in [6, 6.07) is 12.6. The summed E-state index contributed by atoms with van der Waals surface area (Å²) in [4.78, 5) is 51.1. The summed E-state index contributed by atoms with van der Waals surface area (Å²) in [5.74, 6) is -0.273. The number of carbonyl (C=O) groups excluding carboxylic acids is 4. The summed E-state index contributed by atoms with van der Waals surface area (Å²) in [6.07, 6.45) is 3.01. The molecule has 3 amide bonds. The predicted molar refractivity (Wildman–Crippen MR) is 137 cm³/mol. The molecule has 11 heteroatoms. The second-order valence-corrected chi connectivity index (χ2v) is 9.65. The minimum absolute atomic E-state index is 0.0192. The van der Waals surface area contributed by atoms with E-state index in [9.17, 15) is 19.2 Å². The third-order valence-electron chi connectivity index (χ3n) is 5.60. The number of benzene rings is 2. The van der Waals surface area contributed by atoms with Crippen LogP contribution >= 0.6 is 11.8 Å². The van der Waals surface area contributed by atoms with Crippen molar-refractivity contribution in [3.05, 3.63) is 59.1 Å². The van der Waals surface area contributed by atoms with Crippen molar-refractivity contribution >= 4 is 57.5 Å². The second-order valence-electron chi connectivity index (χ2n) is 8.65. The van der Waals surface area contributed by atoms with Gasteiger partial charge < -0.3 is 24.1 Å². The number of anilines is 1. The highest BCUT2D eigenvalue weighted by Crippen LogP contribution is 2.35. The zero-order valence-electron chi connectivity index (χ0n) is 20.1. The Kier molecular flexibility index (Phi) is 6.62. The number of hydrogen-bond donors (Lipinski definition) is 1. The van der Waals surface area contributed by atoms with E-state index in [2.05, 4.69) is 5.32 Å². The molecule has 5 rings (SSSR count). The molecule has 2 aliphatic heterocycles. The van der Waals surface area contributed by atoms with Crippen molar-refractivity contribution in [2.24, 2.45) is 0 Å². The molecule has 1 fully saturated rings. The van der Waals surface area contributed by atoms with Crippen LogP contribution in [0.15, 0.2) is 53.6 Å². The summed E-state index contributed by atoms with van der Waals surface area (Å²) in [5.41, 5.74) is 2.03. The number of hydrogen-bond acceptors (Lipinski definition) is 8. The van der Waals surface area contributed by atoms with Gasteiger partial charge in [0.1, 0.15) is 13.1 Å². The maximum Gasteiger partial charge on any atom is 0.326 e. The van der Waals surface area contributed by atoms with Crippen LogP contribution in [-0.2, 0) is 25.7 Å². The molecule has 3 heterocycles. The van der Waals surface area contributed by atoms with Gasteiger partial charge in [0.05, 0.1) is 11.0 Å². The van der Waals surface area contributed by atoms with Crippen LogP contribution in [0.2, 0.25) is 0 Å². The number of esters is 1. The van der Waals surface area contributed by atoms with Gasteiger partial charge in [-0.05, 0) is 49.9 Å². The first-order valence-corrected chi connectivity index (χ1v) is 12.3. The summed E-state index contributed by atoms with van der Waals surface area (Å²) < 4.78 is 17.5. The number of ether oxygens (including phenoxy) is 3. The van der Waals surface area contributed by atoms with Crippen LogP contribution in [0.5, 0.6) is 11.5 Å². The molecule has 2 aromatic carbocycles. The van der Waals surface area contributed by atoms with E-state index in [1.54, 1.807) is 48.9 Å². The highest BCUT2D eigenvalue weighted by molar-refractivity contribution is 8.18. The van der Waals surface area contributed by atoms with Crippen molar-refractivity contribution in [3.63, 3.8) is 0 Å². The Hall–Kier alpha value is -4.25. The van der Waals surface area contributed by atoms with E-state index in [0.717, 1.165) is 27.6 Å². The van der Waals surface area contributed by atoms with E-state index in [0.29, 0.717) is 22.7 Å². The number of imide groups is 1. The molecule has 2 aliphatic rings. The molecule has 10 nitrogen and oxygen atoms in total. The van der Waals surface area contributed by atoms with Crippen LogP contribution in [0, 0.1) is 0 Å². The number of aromatic nitrogens is 1.